The molecule has 108 valence electrons. The van der Waals surface area contributed by atoms with Gasteiger partial charge in [-0.2, -0.15) is 0 Å². The SMILES string of the molecule is CN1C(=O)CCc2cc(-c3cncc(CN)c3)cc(Cl)c21. The van der Waals surface area contributed by atoms with Gasteiger partial charge in [-0.15, -0.1) is 0 Å². The second-order valence-corrected chi connectivity index (χ2v) is 5.61. The lowest BCUT2D eigenvalue weighted by molar-refractivity contribution is -0.118. The number of anilines is 1. The van der Waals surface area contributed by atoms with E-state index in [1.807, 2.05) is 12.1 Å². The van der Waals surface area contributed by atoms with Crippen LogP contribution in [0.15, 0.2) is 30.6 Å². The Morgan fingerprint density at radius 2 is 2.05 bits per heavy atom. The number of carbonyl (C=O) groups excluding carboxylic acids is 1. The Morgan fingerprint density at radius 3 is 2.81 bits per heavy atom. The zero-order valence-corrected chi connectivity index (χ0v) is 12.5. The summed E-state index contributed by atoms with van der Waals surface area (Å²) in [6, 6.07) is 5.98. The van der Waals surface area contributed by atoms with E-state index in [1.54, 1.807) is 24.3 Å². The third-order valence-corrected chi connectivity index (χ3v) is 4.11. The molecule has 1 aromatic heterocycles. The van der Waals surface area contributed by atoms with Crippen LogP contribution >= 0.6 is 11.6 Å². The molecule has 1 aliphatic rings. The summed E-state index contributed by atoms with van der Waals surface area (Å²) >= 11 is 6.39. The first kappa shape index (κ1) is 14.0. The topological polar surface area (TPSA) is 59.2 Å². The molecule has 3 rings (SSSR count). The summed E-state index contributed by atoms with van der Waals surface area (Å²) in [4.78, 5) is 17.6. The maximum Gasteiger partial charge on any atom is 0.227 e. The smallest absolute Gasteiger partial charge is 0.227 e. The summed E-state index contributed by atoms with van der Waals surface area (Å²) in [5.74, 6) is 0.101. The molecule has 2 heterocycles. The molecule has 0 aliphatic carbocycles. The Morgan fingerprint density at radius 1 is 1.24 bits per heavy atom. The zero-order valence-electron chi connectivity index (χ0n) is 11.8. The van der Waals surface area contributed by atoms with Crippen molar-refractivity contribution in [3.8, 4) is 11.1 Å². The lowest BCUT2D eigenvalue weighted by Crippen LogP contribution is -2.31. The van der Waals surface area contributed by atoms with E-state index in [0.717, 1.165) is 34.4 Å². The molecule has 0 atom stereocenters. The van der Waals surface area contributed by atoms with E-state index in [1.165, 1.54) is 0 Å². The number of hydrogen-bond acceptors (Lipinski definition) is 3. The Hall–Kier alpha value is -1.91. The minimum atomic E-state index is 0.101. The Labute approximate surface area is 128 Å². The van der Waals surface area contributed by atoms with Crippen molar-refractivity contribution in [2.24, 2.45) is 5.73 Å². The molecular weight excluding hydrogens is 286 g/mol. The van der Waals surface area contributed by atoms with Crippen LogP contribution in [0.1, 0.15) is 17.5 Å². The summed E-state index contributed by atoms with van der Waals surface area (Å²) in [5.41, 5.74) is 10.5. The summed E-state index contributed by atoms with van der Waals surface area (Å²) in [6.07, 6.45) is 4.80. The Balaban J connectivity index is 2.10. The molecule has 0 spiro atoms. The fourth-order valence-corrected chi connectivity index (χ4v) is 3.05. The van der Waals surface area contributed by atoms with Gasteiger partial charge in [-0.05, 0) is 41.3 Å². The van der Waals surface area contributed by atoms with Crippen molar-refractivity contribution in [1.29, 1.82) is 0 Å². The molecule has 0 radical (unpaired) electrons. The summed E-state index contributed by atoms with van der Waals surface area (Å²) in [7, 11) is 1.77. The van der Waals surface area contributed by atoms with E-state index in [9.17, 15) is 4.79 Å². The van der Waals surface area contributed by atoms with Gasteiger partial charge >= 0.3 is 0 Å². The molecule has 1 amide bonds. The number of aromatic nitrogens is 1. The molecule has 21 heavy (non-hydrogen) atoms. The first-order valence-electron chi connectivity index (χ1n) is 6.83. The van der Waals surface area contributed by atoms with Gasteiger partial charge in [0.2, 0.25) is 5.91 Å². The van der Waals surface area contributed by atoms with Crippen LogP contribution in [0, 0.1) is 0 Å². The van der Waals surface area contributed by atoms with Crippen molar-refractivity contribution >= 4 is 23.2 Å². The van der Waals surface area contributed by atoms with Gasteiger partial charge in [0.05, 0.1) is 10.7 Å². The molecule has 4 nitrogen and oxygen atoms in total. The highest BCUT2D eigenvalue weighted by Crippen LogP contribution is 2.37. The number of pyridine rings is 1. The monoisotopic (exact) mass is 301 g/mol. The molecule has 2 N–H and O–H groups in total. The van der Waals surface area contributed by atoms with Crippen LogP contribution < -0.4 is 10.6 Å². The molecule has 1 aromatic carbocycles. The van der Waals surface area contributed by atoms with Gasteiger partial charge in [0.25, 0.3) is 0 Å². The highest BCUT2D eigenvalue weighted by atomic mass is 35.5. The van der Waals surface area contributed by atoms with E-state index in [0.29, 0.717) is 18.0 Å². The van der Waals surface area contributed by atoms with Crippen LogP contribution in [0.3, 0.4) is 0 Å². The Bertz CT molecular complexity index is 715. The van der Waals surface area contributed by atoms with Gasteiger partial charge in [0.1, 0.15) is 0 Å². The number of halogens is 1. The minimum absolute atomic E-state index is 0.101. The third kappa shape index (κ3) is 2.52. The molecule has 1 aliphatic heterocycles. The normalized spacial score (nSPS) is 14.2. The molecule has 0 unspecified atom stereocenters. The van der Waals surface area contributed by atoms with Crippen molar-refractivity contribution in [3.63, 3.8) is 0 Å². The highest BCUT2D eigenvalue weighted by molar-refractivity contribution is 6.34. The molecule has 0 saturated carbocycles. The quantitative estimate of drug-likeness (QED) is 0.928. The first-order chi connectivity index (χ1) is 10.1. The van der Waals surface area contributed by atoms with Crippen molar-refractivity contribution in [1.82, 2.24) is 4.98 Å². The van der Waals surface area contributed by atoms with E-state index < -0.39 is 0 Å². The van der Waals surface area contributed by atoms with Crippen molar-refractivity contribution < 1.29 is 4.79 Å². The number of amides is 1. The average molecular weight is 302 g/mol. The number of aryl methyl sites for hydroxylation is 1. The zero-order chi connectivity index (χ0) is 15.0. The van der Waals surface area contributed by atoms with Gasteiger partial charge in [0.15, 0.2) is 0 Å². The molecule has 0 saturated heterocycles. The standard InChI is InChI=1S/C16H16ClN3O/c1-20-15(21)3-2-11-5-12(6-14(17)16(11)20)13-4-10(7-18)8-19-9-13/h4-6,8-9H,2-3,7,18H2,1H3. The van der Waals surface area contributed by atoms with E-state index in [-0.39, 0.29) is 5.91 Å². The lowest BCUT2D eigenvalue weighted by atomic mass is 9.96. The predicted octanol–water partition coefficient (Wildman–Crippen LogP) is 2.77. The number of nitrogens with zero attached hydrogens (tertiary/aromatic N) is 2. The number of hydrogen-bond donors (Lipinski definition) is 1. The maximum absolute atomic E-state index is 11.8. The second kappa shape index (κ2) is 5.47. The van der Waals surface area contributed by atoms with E-state index in [2.05, 4.69) is 11.1 Å². The third-order valence-electron chi connectivity index (χ3n) is 3.82. The molecular formula is C16H16ClN3O. The summed E-state index contributed by atoms with van der Waals surface area (Å²) < 4.78 is 0. The van der Waals surface area contributed by atoms with Crippen LogP contribution in [-0.4, -0.2) is 17.9 Å². The average Bonchev–Trinajstić information content (AvgIpc) is 2.50. The fraction of sp³-hybridized carbons (Fsp3) is 0.250. The van der Waals surface area contributed by atoms with Crippen LogP contribution in [0.5, 0.6) is 0 Å². The van der Waals surface area contributed by atoms with Gasteiger partial charge in [-0.25, -0.2) is 0 Å². The second-order valence-electron chi connectivity index (χ2n) is 5.20. The summed E-state index contributed by atoms with van der Waals surface area (Å²) in [5, 5.41) is 0.594. The number of nitrogens with two attached hydrogens (primary N) is 1. The molecule has 2 aromatic rings. The van der Waals surface area contributed by atoms with Gasteiger partial charge in [-0.3, -0.25) is 9.78 Å². The van der Waals surface area contributed by atoms with Crippen molar-refractivity contribution in [3.05, 3.63) is 46.7 Å². The number of fused-ring (bicyclic) bond motifs is 1. The van der Waals surface area contributed by atoms with Crippen molar-refractivity contribution in [2.45, 2.75) is 19.4 Å². The van der Waals surface area contributed by atoms with Crippen LogP contribution in [0.4, 0.5) is 5.69 Å². The van der Waals surface area contributed by atoms with Gasteiger partial charge in [0, 0.05) is 38.0 Å². The van der Waals surface area contributed by atoms with Crippen molar-refractivity contribution in [2.75, 3.05) is 11.9 Å². The van der Waals surface area contributed by atoms with Crippen LogP contribution in [0.25, 0.3) is 11.1 Å². The molecule has 0 fully saturated rings. The van der Waals surface area contributed by atoms with Gasteiger partial charge in [-0.1, -0.05) is 11.6 Å². The summed E-state index contributed by atoms with van der Waals surface area (Å²) in [6.45, 7) is 0.455. The minimum Gasteiger partial charge on any atom is -0.326 e. The van der Waals surface area contributed by atoms with Gasteiger partial charge < -0.3 is 10.6 Å². The number of benzene rings is 1. The number of carbonyl (C=O) groups is 1. The molecule has 0 bridgehead atoms. The van der Waals surface area contributed by atoms with Crippen LogP contribution in [0.2, 0.25) is 5.02 Å². The van der Waals surface area contributed by atoms with Crippen LogP contribution in [-0.2, 0) is 17.8 Å². The largest absolute Gasteiger partial charge is 0.326 e. The first-order valence-corrected chi connectivity index (χ1v) is 7.21. The predicted molar refractivity (Wildman–Crippen MR) is 84.3 cm³/mol. The van der Waals surface area contributed by atoms with E-state index >= 15 is 0 Å². The maximum atomic E-state index is 11.8. The lowest BCUT2D eigenvalue weighted by Gasteiger charge is -2.27. The highest BCUT2D eigenvalue weighted by Gasteiger charge is 2.24. The number of rotatable bonds is 2. The fourth-order valence-electron chi connectivity index (χ4n) is 2.68. The van der Waals surface area contributed by atoms with E-state index in [4.69, 9.17) is 17.3 Å². The molecule has 5 heteroatoms. The Kier molecular flexibility index (Phi) is 3.66.